The van der Waals surface area contributed by atoms with Crippen molar-refractivity contribution >= 4 is 5.91 Å². The average molecular weight is 273 g/mol. The molecule has 0 N–H and O–H groups in total. The molecule has 20 heavy (non-hydrogen) atoms. The molecule has 0 saturated carbocycles. The molecule has 1 heterocycles. The Hall–Kier alpha value is -1.61. The molecule has 1 aromatic carbocycles. The van der Waals surface area contributed by atoms with E-state index in [-0.39, 0.29) is 11.8 Å². The van der Waals surface area contributed by atoms with E-state index >= 15 is 0 Å². The molecule has 0 unspecified atom stereocenters. The number of ether oxygens (including phenoxy) is 1. The number of carbonyl (C=O) groups is 1. The SMILES string of the molecule is C=C1[C@H](CC(=O)N(C)C)CO[C@@]1(C)c1ccc(C)cc1. The van der Waals surface area contributed by atoms with E-state index in [2.05, 4.69) is 37.8 Å². The van der Waals surface area contributed by atoms with Crippen LogP contribution in [0, 0.1) is 12.8 Å². The van der Waals surface area contributed by atoms with Crippen LogP contribution in [-0.4, -0.2) is 31.5 Å². The fourth-order valence-corrected chi connectivity index (χ4v) is 2.57. The number of benzene rings is 1. The van der Waals surface area contributed by atoms with Gasteiger partial charge in [0.2, 0.25) is 5.91 Å². The van der Waals surface area contributed by atoms with Gasteiger partial charge in [0.05, 0.1) is 6.61 Å². The molecule has 0 aliphatic carbocycles. The van der Waals surface area contributed by atoms with Crippen LogP contribution in [0.4, 0.5) is 0 Å². The smallest absolute Gasteiger partial charge is 0.222 e. The van der Waals surface area contributed by atoms with E-state index in [0.29, 0.717) is 13.0 Å². The number of aryl methyl sites for hydroxylation is 1. The van der Waals surface area contributed by atoms with Gasteiger partial charge in [-0.2, -0.15) is 0 Å². The normalized spacial score (nSPS) is 25.8. The molecule has 1 saturated heterocycles. The first-order chi connectivity index (χ1) is 9.34. The summed E-state index contributed by atoms with van der Waals surface area (Å²) in [6, 6.07) is 8.32. The molecule has 3 nitrogen and oxygen atoms in total. The van der Waals surface area contributed by atoms with Gasteiger partial charge >= 0.3 is 0 Å². The summed E-state index contributed by atoms with van der Waals surface area (Å²) in [6.45, 7) is 8.87. The van der Waals surface area contributed by atoms with Crippen LogP contribution in [0.2, 0.25) is 0 Å². The third-order valence-corrected chi connectivity index (χ3v) is 4.20. The maximum absolute atomic E-state index is 11.9. The minimum atomic E-state index is -0.481. The van der Waals surface area contributed by atoms with Gasteiger partial charge in [-0.25, -0.2) is 0 Å². The summed E-state index contributed by atoms with van der Waals surface area (Å²) in [7, 11) is 3.56. The molecule has 108 valence electrons. The first-order valence-electron chi connectivity index (χ1n) is 6.95. The molecule has 0 bridgehead atoms. The quantitative estimate of drug-likeness (QED) is 0.793. The van der Waals surface area contributed by atoms with Gasteiger partial charge in [-0.15, -0.1) is 0 Å². The average Bonchev–Trinajstić information content (AvgIpc) is 2.69. The molecule has 0 radical (unpaired) electrons. The van der Waals surface area contributed by atoms with E-state index in [9.17, 15) is 4.79 Å². The monoisotopic (exact) mass is 273 g/mol. The van der Waals surface area contributed by atoms with Crippen LogP contribution in [0.1, 0.15) is 24.5 Å². The standard InChI is InChI=1S/C17H23NO2/c1-12-6-8-15(9-7-12)17(3)13(2)14(11-20-17)10-16(19)18(4)5/h6-9,14H,2,10-11H2,1,3-5H3/t14-,17-/m1/s1. The van der Waals surface area contributed by atoms with Crippen LogP contribution in [0.5, 0.6) is 0 Å². The minimum Gasteiger partial charge on any atom is -0.366 e. The fraction of sp³-hybridized carbons (Fsp3) is 0.471. The molecule has 0 aromatic heterocycles. The second-order valence-electron chi connectivity index (χ2n) is 5.92. The summed E-state index contributed by atoms with van der Waals surface area (Å²) in [5.41, 5.74) is 2.84. The molecular weight excluding hydrogens is 250 g/mol. The largest absolute Gasteiger partial charge is 0.366 e. The van der Waals surface area contributed by atoms with E-state index < -0.39 is 5.60 Å². The number of rotatable bonds is 3. The number of hydrogen-bond donors (Lipinski definition) is 0. The third kappa shape index (κ3) is 2.63. The van der Waals surface area contributed by atoms with E-state index in [4.69, 9.17) is 4.74 Å². The lowest BCUT2D eigenvalue weighted by Crippen LogP contribution is -2.26. The Bertz CT molecular complexity index is 518. The van der Waals surface area contributed by atoms with Crippen molar-refractivity contribution in [1.29, 1.82) is 0 Å². The van der Waals surface area contributed by atoms with Crippen LogP contribution >= 0.6 is 0 Å². The Morgan fingerprint density at radius 1 is 1.40 bits per heavy atom. The van der Waals surface area contributed by atoms with Crippen molar-refractivity contribution < 1.29 is 9.53 Å². The van der Waals surface area contributed by atoms with Crippen LogP contribution < -0.4 is 0 Å². The van der Waals surface area contributed by atoms with E-state index in [0.717, 1.165) is 11.1 Å². The summed E-state index contributed by atoms with van der Waals surface area (Å²) < 4.78 is 6.00. The fourth-order valence-electron chi connectivity index (χ4n) is 2.57. The van der Waals surface area contributed by atoms with Gasteiger partial charge in [0.15, 0.2) is 0 Å². The topological polar surface area (TPSA) is 29.5 Å². The van der Waals surface area contributed by atoms with Crippen molar-refractivity contribution in [3.63, 3.8) is 0 Å². The first-order valence-corrected chi connectivity index (χ1v) is 6.95. The van der Waals surface area contributed by atoms with Crippen LogP contribution in [0.25, 0.3) is 0 Å². The Morgan fingerprint density at radius 3 is 2.55 bits per heavy atom. The summed E-state index contributed by atoms with van der Waals surface area (Å²) in [6.07, 6.45) is 0.466. The highest BCUT2D eigenvalue weighted by Gasteiger charge is 2.42. The van der Waals surface area contributed by atoms with Gasteiger partial charge in [-0.1, -0.05) is 36.4 Å². The Morgan fingerprint density at radius 2 is 2.00 bits per heavy atom. The lowest BCUT2D eigenvalue weighted by Gasteiger charge is -2.26. The second-order valence-corrected chi connectivity index (χ2v) is 5.92. The predicted octanol–water partition coefficient (Wildman–Crippen LogP) is 2.89. The third-order valence-electron chi connectivity index (χ3n) is 4.20. The van der Waals surface area contributed by atoms with Gasteiger partial charge in [-0.05, 0) is 25.0 Å². The maximum atomic E-state index is 11.9. The molecule has 1 fully saturated rings. The van der Waals surface area contributed by atoms with Crippen molar-refractivity contribution in [1.82, 2.24) is 4.90 Å². The van der Waals surface area contributed by atoms with Crippen molar-refractivity contribution in [3.8, 4) is 0 Å². The van der Waals surface area contributed by atoms with Crippen molar-refractivity contribution in [2.45, 2.75) is 25.9 Å². The molecular formula is C17H23NO2. The minimum absolute atomic E-state index is 0.0937. The molecule has 1 amide bonds. The zero-order valence-corrected chi connectivity index (χ0v) is 12.8. The van der Waals surface area contributed by atoms with Gasteiger partial charge < -0.3 is 9.64 Å². The zero-order chi connectivity index (χ0) is 14.9. The highest BCUT2D eigenvalue weighted by atomic mass is 16.5. The van der Waals surface area contributed by atoms with Crippen molar-refractivity contribution in [2.75, 3.05) is 20.7 Å². The number of amides is 1. The molecule has 1 aliphatic heterocycles. The molecule has 1 aliphatic rings. The van der Waals surface area contributed by atoms with Crippen LogP contribution in [0.3, 0.4) is 0 Å². The Balaban J connectivity index is 2.17. The lowest BCUT2D eigenvalue weighted by atomic mass is 9.83. The number of carbonyl (C=O) groups excluding carboxylic acids is 1. The summed E-state index contributed by atoms with van der Waals surface area (Å²) >= 11 is 0. The van der Waals surface area contributed by atoms with Crippen LogP contribution in [-0.2, 0) is 15.1 Å². The predicted molar refractivity (Wildman–Crippen MR) is 80.4 cm³/mol. The van der Waals surface area contributed by atoms with Crippen LogP contribution in [0.15, 0.2) is 36.4 Å². The Kier molecular flexibility index (Phi) is 4.00. The zero-order valence-electron chi connectivity index (χ0n) is 12.8. The van der Waals surface area contributed by atoms with Crippen molar-refractivity contribution in [2.24, 2.45) is 5.92 Å². The molecule has 3 heteroatoms. The van der Waals surface area contributed by atoms with E-state index in [1.807, 2.05) is 6.92 Å². The highest BCUT2D eigenvalue weighted by molar-refractivity contribution is 5.76. The second kappa shape index (κ2) is 5.41. The van der Waals surface area contributed by atoms with Gasteiger partial charge in [0.1, 0.15) is 5.60 Å². The van der Waals surface area contributed by atoms with Gasteiger partial charge in [-0.3, -0.25) is 4.79 Å². The lowest BCUT2D eigenvalue weighted by molar-refractivity contribution is -0.129. The van der Waals surface area contributed by atoms with Gasteiger partial charge in [0.25, 0.3) is 0 Å². The first kappa shape index (κ1) is 14.8. The van der Waals surface area contributed by atoms with Gasteiger partial charge in [0, 0.05) is 26.4 Å². The maximum Gasteiger partial charge on any atom is 0.222 e. The van der Waals surface area contributed by atoms with E-state index in [1.54, 1.807) is 19.0 Å². The number of hydrogen-bond acceptors (Lipinski definition) is 2. The Labute approximate surface area is 121 Å². The molecule has 1 aromatic rings. The van der Waals surface area contributed by atoms with Crippen molar-refractivity contribution in [3.05, 3.63) is 47.5 Å². The molecule has 2 atom stereocenters. The molecule has 0 spiro atoms. The summed E-state index contributed by atoms with van der Waals surface area (Å²) in [5.74, 6) is 0.212. The molecule has 2 rings (SSSR count). The van der Waals surface area contributed by atoms with E-state index in [1.165, 1.54) is 5.56 Å². The highest BCUT2D eigenvalue weighted by Crippen LogP contribution is 2.43. The summed E-state index contributed by atoms with van der Waals surface area (Å²) in [4.78, 5) is 13.5. The summed E-state index contributed by atoms with van der Waals surface area (Å²) in [5, 5.41) is 0. The number of nitrogens with zero attached hydrogens (tertiary/aromatic N) is 1.